The number of fused-ring (bicyclic) bond motifs is 2. The van der Waals surface area contributed by atoms with Crippen LogP contribution in [0, 0.1) is 12.7 Å². The first kappa shape index (κ1) is 23.5. The lowest BCUT2D eigenvalue weighted by molar-refractivity contribution is 0.0788. The first-order valence-corrected chi connectivity index (χ1v) is 12.7. The highest BCUT2D eigenvalue weighted by Crippen LogP contribution is 2.32. The predicted molar refractivity (Wildman–Crippen MR) is 136 cm³/mol. The van der Waals surface area contributed by atoms with Gasteiger partial charge in [-0.3, -0.25) is 4.79 Å². The van der Waals surface area contributed by atoms with E-state index in [1.54, 1.807) is 6.07 Å². The molecule has 7 heteroatoms. The SMILES string of the molecule is CCN1CCC(c2noc3cc(F)ccc23)CC1.Cc1ccc2cc(C(=O)N3CCCC3)[nH]c2c1. The summed E-state index contributed by atoms with van der Waals surface area (Å²) < 4.78 is 18.3. The van der Waals surface area contributed by atoms with E-state index in [0.717, 1.165) is 80.4 Å². The van der Waals surface area contributed by atoms with Gasteiger partial charge in [-0.05, 0) is 82.1 Å². The Labute approximate surface area is 205 Å². The molecule has 0 unspecified atom stereocenters. The standard InChI is InChI=1S/C14H17FN2O.C14H16N2O/c1-2-17-7-5-10(6-8-17)14-12-4-3-11(15)9-13(12)18-16-14;1-10-4-5-11-9-13(15-12(11)8-10)14(17)16-6-2-3-7-16/h3-4,9-10H,2,5-8H2,1H3;4-5,8-9,15H,2-3,6-7H2,1H3. The van der Waals surface area contributed by atoms with Crippen LogP contribution in [0.15, 0.2) is 47.0 Å². The molecule has 35 heavy (non-hydrogen) atoms. The van der Waals surface area contributed by atoms with Gasteiger partial charge in [0, 0.05) is 41.4 Å². The van der Waals surface area contributed by atoms with E-state index >= 15 is 0 Å². The van der Waals surface area contributed by atoms with Crippen LogP contribution in [0.25, 0.3) is 21.9 Å². The topological polar surface area (TPSA) is 65.4 Å². The minimum atomic E-state index is -0.272. The fourth-order valence-electron chi connectivity index (χ4n) is 5.19. The summed E-state index contributed by atoms with van der Waals surface area (Å²) in [6, 6.07) is 12.8. The Kier molecular flexibility index (Phi) is 6.86. The zero-order valence-corrected chi connectivity index (χ0v) is 20.5. The Morgan fingerprint density at radius 1 is 1.09 bits per heavy atom. The first-order valence-electron chi connectivity index (χ1n) is 12.7. The van der Waals surface area contributed by atoms with Gasteiger partial charge in [-0.1, -0.05) is 24.2 Å². The van der Waals surface area contributed by atoms with Crippen molar-refractivity contribution in [2.75, 3.05) is 32.7 Å². The van der Waals surface area contributed by atoms with Crippen molar-refractivity contribution >= 4 is 27.8 Å². The molecule has 2 aliphatic rings. The number of aromatic amines is 1. The second-order valence-electron chi connectivity index (χ2n) is 9.69. The Morgan fingerprint density at radius 3 is 2.60 bits per heavy atom. The second-order valence-corrected chi connectivity index (χ2v) is 9.69. The highest BCUT2D eigenvalue weighted by atomic mass is 19.1. The quantitative estimate of drug-likeness (QED) is 0.401. The first-order chi connectivity index (χ1) is 17.0. The molecule has 1 N–H and O–H groups in total. The van der Waals surface area contributed by atoms with Crippen LogP contribution in [0.1, 0.15) is 60.3 Å². The molecule has 0 radical (unpaired) electrons. The third-order valence-corrected chi connectivity index (χ3v) is 7.29. The molecule has 6 nitrogen and oxygen atoms in total. The van der Waals surface area contributed by atoms with Gasteiger partial charge in [0.1, 0.15) is 11.5 Å². The number of aryl methyl sites for hydroxylation is 1. The number of carbonyl (C=O) groups excluding carboxylic acids is 1. The maximum Gasteiger partial charge on any atom is 0.270 e. The number of rotatable bonds is 3. The number of nitrogens with zero attached hydrogens (tertiary/aromatic N) is 3. The van der Waals surface area contributed by atoms with Crippen LogP contribution >= 0.6 is 0 Å². The number of benzene rings is 2. The second kappa shape index (κ2) is 10.2. The molecular weight excluding hydrogens is 443 g/mol. The van der Waals surface area contributed by atoms with E-state index in [0.29, 0.717) is 17.2 Å². The third kappa shape index (κ3) is 5.10. The molecule has 4 heterocycles. The van der Waals surface area contributed by atoms with E-state index in [4.69, 9.17) is 4.52 Å². The number of halogens is 1. The van der Waals surface area contributed by atoms with Crippen molar-refractivity contribution in [3.05, 3.63) is 65.2 Å². The van der Waals surface area contributed by atoms with E-state index < -0.39 is 0 Å². The van der Waals surface area contributed by atoms with E-state index in [1.807, 2.05) is 11.0 Å². The van der Waals surface area contributed by atoms with Crippen LogP contribution in [-0.2, 0) is 0 Å². The number of piperidine rings is 1. The molecule has 2 aromatic heterocycles. The highest BCUT2D eigenvalue weighted by molar-refractivity contribution is 5.98. The zero-order chi connectivity index (χ0) is 24.4. The van der Waals surface area contributed by atoms with Gasteiger partial charge < -0.3 is 19.3 Å². The maximum atomic E-state index is 13.1. The molecule has 2 aromatic carbocycles. The molecule has 2 aliphatic heterocycles. The van der Waals surface area contributed by atoms with Crippen molar-refractivity contribution < 1.29 is 13.7 Å². The highest BCUT2D eigenvalue weighted by Gasteiger charge is 2.24. The molecule has 0 aliphatic carbocycles. The molecule has 184 valence electrons. The Hall–Kier alpha value is -3.19. The van der Waals surface area contributed by atoms with Gasteiger partial charge in [0.2, 0.25) is 0 Å². The summed E-state index contributed by atoms with van der Waals surface area (Å²) >= 11 is 0. The van der Waals surface area contributed by atoms with Crippen molar-refractivity contribution in [3.8, 4) is 0 Å². The van der Waals surface area contributed by atoms with Crippen molar-refractivity contribution in [2.45, 2.75) is 45.4 Å². The van der Waals surface area contributed by atoms with Crippen molar-refractivity contribution in [1.82, 2.24) is 19.9 Å². The number of amides is 1. The van der Waals surface area contributed by atoms with Gasteiger partial charge in [0.25, 0.3) is 5.91 Å². The van der Waals surface area contributed by atoms with Crippen LogP contribution in [-0.4, -0.2) is 58.6 Å². The molecule has 0 spiro atoms. The van der Waals surface area contributed by atoms with Crippen molar-refractivity contribution in [1.29, 1.82) is 0 Å². The molecular formula is C28H33FN4O2. The summed E-state index contributed by atoms with van der Waals surface area (Å²) in [7, 11) is 0. The largest absolute Gasteiger partial charge is 0.356 e. The monoisotopic (exact) mass is 476 g/mol. The van der Waals surface area contributed by atoms with Crippen LogP contribution < -0.4 is 0 Å². The fraction of sp³-hybridized carbons (Fsp3) is 0.429. The van der Waals surface area contributed by atoms with Gasteiger partial charge in [-0.15, -0.1) is 0 Å². The molecule has 2 saturated heterocycles. The van der Waals surface area contributed by atoms with E-state index in [2.05, 4.69) is 47.1 Å². The van der Waals surface area contributed by atoms with Crippen LogP contribution in [0.3, 0.4) is 0 Å². The number of aromatic nitrogens is 2. The average molecular weight is 477 g/mol. The van der Waals surface area contributed by atoms with Gasteiger partial charge in [0.15, 0.2) is 5.58 Å². The number of H-pyrrole nitrogens is 1. The molecule has 0 bridgehead atoms. The van der Waals surface area contributed by atoms with Crippen molar-refractivity contribution in [2.24, 2.45) is 0 Å². The van der Waals surface area contributed by atoms with Crippen LogP contribution in [0.4, 0.5) is 4.39 Å². The molecule has 4 aromatic rings. The minimum absolute atomic E-state index is 0.136. The Balaban J connectivity index is 0.000000145. The molecule has 0 saturated carbocycles. The fourth-order valence-corrected chi connectivity index (χ4v) is 5.19. The van der Waals surface area contributed by atoms with E-state index in [9.17, 15) is 9.18 Å². The molecule has 2 fully saturated rings. The smallest absolute Gasteiger partial charge is 0.270 e. The van der Waals surface area contributed by atoms with Crippen LogP contribution in [0.5, 0.6) is 0 Å². The van der Waals surface area contributed by atoms with E-state index in [-0.39, 0.29) is 11.7 Å². The molecule has 6 rings (SSSR count). The summed E-state index contributed by atoms with van der Waals surface area (Å²) in [4.78, 5) is 19.8. The van der Waals surface area contributed by atoms with Crippen LogP contribution in [0.2, 0.25) is 0 Å². The maximum absolute atomic E-state index is 13.1. The molecule has 0 atom stereocenters. The van der Waals surface area contributed by atoms with Crippen molar-refractivity contribution in [3.63, 3.8) is 0 Å². The normalized spacial score (nSPS) is 17.2. The summed E-state index contributed by atoms with van der Waals surface area (Å²) in [5.74, 6) is 0.307. The summed E-state index contributed by atoms with van der Waals surface area (Å²) in [6.45, 7) is 9.36. The van der Waals surface area contributed by atoms with E-state index in [1.165, 1.54) is 17.7 Å². The lowest BCUT2D eigenvalue weighted by Gasteiger charge is -2.29. The lowest BCUT2D eigenvalue weighted by atomic mass is 9.91. The van der Waals surface area contributed by atoms with Gasteiger partial charge in [-0.25, -0.2) is 4.39 Å². The summed E-state index contributed by atoms with van der Waals surface area (Å²) in [5, 5.41) is 6.22. The van der Waals surface area contributed by atoms with Gasteiger partial charge in [-0.2, -0.15) is 0 Å². The van der Waals surface area contributed by atoms with Gasteiger partial charge in [0.05, 0.1) is 5.69 Å². The number of hydrogen-bond donors (Lipinski definition) is 1. The number of carbonyl (C=O) groups is 1. The summed E-state index contributed by atoms with van der Waals surface area (Å²) in [6.07, 6.45) is 4.47. The lowest BCUT2D eigenvalue weighted by Crippen LogP contribution is -2.32. The minimum Gasteiger partial charge on any atom is -0.356 e. The Morgan fingerprint density at radius 2 is 1.86 bits per heavy atom. The number of likely N-dealkylation sites (tertiary alicyclic amines) is 2. The predicted octanol–water partition coefficient (Wildman–Crippen LogP) is 5.88. The Bertz CT molecular complexity index is 1310. The number of hydrogen-bond acceptors (Lipinski definition) is 4. The van der Waals surface area contributed by atoms with Gasteiger partial charge >= 0.3 is 0 Å². The molecule has 1 amide bonds. The average Bonchev–Trinajstić information content (AvgIpc) is 3.63. The third-order valence-electron chi connectivity index (χ3n) is 7.29. The number of nitrogens with one attached hydrogen (secondary N) is 1. The zero-order valence-electron chi connectivity index (χ0n) is 20.5. The summed E-state index contributed by atoms with van der Waals surface area (Å²) in [5.41, 5.74) is 4.53.